The van der Waals surface area contributed by atoms with Gasteiger partial charge in [-0.05, 0) is 134 Å². The van der Waals surface area contributed by atoms with Gasteiger partial charge in [-0.3, -0.25) is 24.4 Å². The van der Waals surface area contributed by atoms with Crippen LogP contribution in [0.3, 0.4) is 0 Å². The van der Waals surface area contributed by atoms with Crippen LogP contribution in [-0.4, -0.2) is 101 Å². The molecule has 0 saturated carbocycles. The highest BCUT2D eigenvalue weighted by molar-refractivity contribution is 5.96. The summed E-state index contributed by atoms with van der Waals surface area (Å²) in [4.78, 5) is 65.6. The van der Waals surface area contributed by atoms with Crippen LogP contribution in [0.25, 0.3) is 56.6 Å². The van der Waals surface area contributed by atoms with E-state index in [0.717, 1.165) is 31.4 Å². The zero-order valence-corrected chi connectivity index (χ0v) is 43.3. The monoisotopic (exact) mass is 1120 g/mol. The quantitative estimate of drug-likeness (QED) is 0.0437. The maximum Gasteiger partial charge on any atom is 0.420 e. The van der Waals surface area contributed by atoms with Gasteiger partial charge in [0.1, 0.15) is 34.3 Å². The summed E-state index contributed by atoms with van der Waals surface area (Å²) in [5.41, 5.74) is 9.50. The van der Waals surface area contributed by atoms with Crippen molar-refractivity contribution in [2.75, 3.05) is 37.6 Å². The number of carbonyl (C=O) groups excluding carboxylic acids is 3. The number of aryl methyl sites for hydroxylation is 2. The van der Waals surface area contributed by atoms with Gasteiger partial charge in [-0.1, -0.05) is 0 Å². The number of aromatic nitrogens is 4. The normalized spacial score (nSPS) is 14.7. The first-order valence-corrected chi connectivity index (χ1v) is 24.9. The molecule has 8 heterocycles. The molecule has 2 aliphatic rings. The number of furan rings is 2. The van der Waals surface area contributed by atoms with Crippen LogP contribution in [0.1, 0.15) is 81.2 Å². The van der Waals surface area contributed by atoms with Gasteiger partial charge in [0, 0.05) is 85.5 Å². The van der Waals surface area contributed by atoms with Crippen LogP contribution in [0.15, 0.2) is 131 Å². The van der Waals surface area contributed by atoms with Crippen molar-refractivity contribution in [1.82, 2.24) is 30.2 Å². The van der Waals surface area contributed by atoms with Crippen molar-refractivity contribution in [1.29, 1.82) is 0 Å². The molecule has 2 fully saturated rings. The predicted octanol–water partition coefficient (Wildman–Crippen LogP) is 9.66. The summed E-state index contributed by atoms with van der Waals surface area (Å²) in [5.74, 6) is -0.781. The molecule has 0 atom stereocenters. The zero-order valence-electron chi connectivity index (χ0n) is 43.3. The largest absolute Gasteiger partial charge is 0.478 e. The molecule has 0 radical (unpaired) electrons. The van der Waals surface area contributed by atoms with Crippen LogP contribution in [0, 0.1) is 0 Å². The minimum absolute atomic E-state index is 0.0329. The molecule has 8 aromatic rings. The molecule has 0 spiro atoms. The van der Waals surface area contributed by atoms with Gasteiger partial charge in [0.05, 0.1) is 57.9 Å². The number of nitrogens with one attached hydrogen (secondary N) is 1. The fourth-order valence-corrected chi connectivity index (χ4v) is 8.42. The molecule has 0 bridgehead atoms. The minimum Gasteiger partial charge on any atom is -0.478 e. The molecule has 23 heteroatoms. The lowest BCUT2D eigenvalue weighted by atomic mass is 9.96. The van der Waals surface area contributed by atoms with Crippen molar-refractivity contribution >= 4 is 69.2 Å². The van der Waals surface area contributed by atoms with Crippen molar-refractivity contribution in [3.8, 4) is 22.5 Å². The number of hydrogen-bond donors (Lipinski definition) is 6. The van der Waals surface area contributed by atoms with E-state index >= 15 is 0 Å². The van der Waals surface area contributed by atoms with Crippen LogP contribution in [0.2, 0.25) is 0 Å². The number of ketones is 2. The van der Waals surface area contributed by atoms with Crippen LogP contribution in [0.4, 0.5) is 38.0 Å². The Bertz CT molecular complexity index is 3650. The third kappa shape index (κ3) is 15.2. The topological polar surface area (TPSA) is 274 Å². The van der Waals surface area contributed by atoms with Gasteiger partial charge in [0.2, 0.25) is 0 Å². The smallest absolute Gasteiger partial charge is 0.420 e. The molecule has 17 nitrogen and oxygen atoms in total. The van der Waals surface area contributed by atoms with Crippen molar-refractivity contribution in [2.45, 2.75) is 63.1 Å². The number of likely N-dealkylation sites (tertiary alicyclic amines) is 1. The summed E-state index contributed by atoms with van der Waals surface area (Å²) in [6, 6.07) is 20.0. The molecule has 0 aliphatic carbocycles. The number of alkyl halides is 6. The number of β-amino-alcohol motifs (C(OH)–C–C–N with tert-alkyl or cyclic N) is 2. The number of carbonyl (C=O) groups is 4. The standard InChI is InChI=1S/C29H25F3N4O4.C25H18F3N3O4.C4H9NO/c1-28(39)15-36(16-28)27(38)18-4-8-24(34-14-18)19-10-20-11-22(40-26(20)23(12-19)29(30,31)32)7-6-21(37)5-2-17-3-9-25(33)35-13-17;26-25(27,28)20-11-16(21-7-3-15(13-30-21)24(33)34)9-17-10-19(35-23(17)20)6-5-18(32)4-1-14-2-8-22(29)31-12-14;1-4(6)2-5-3-4/h2-5,8-14,39H,6-7,15-16H2,1H3,(H2,33,35);1-4,7-13H,5-6H2,(H2,29,31)(H,33,34);5-6H,2-3H2,1H3/b5-2+;4-1+;. The molecule has 81 heavy (non-hydrogen) atoms. The van der Waals surface area contributed by atoms with Gasteiger partial charge >= 0.3 is 18.3 Å². The Morgan fingerprint density at radius 2 is 1.05 bits per heavy atom. The number of halogens is 6. The Kier molecular flexibility index (Phi) is 17.0. The average molecular weight is 1120 g/mol. The lowest BCUT2D eigenvalue weighted by molar-refractivity contribution is -0.137. The van der Waals surface area contributed by atoms with E-state index in [0.29, 0.717) is 22.8 Å². The number of nitrogen functional groups attached to an aromatic ring is 2. The third-order valence-electron chi connectivity index (χ3n) is 12.7. The van der Waals surface area contributed by atoms with E-state index in [2.05, 4.69) is 25.3 Å². The second kappa shape index (κ2) is 23.7. The molecule has 1 amide bonds. The molecule has 6 aromatic heterocycles. The summed E-state index contributed by atoms with van der Waals surface area (Å²) < 4.78 is 94.2. The highest BCUT2D eigenvalue weighted by atomic mass is 19.4. The molecule has 2 aliphatic heterocycles. The number of rotatable bonds is 14. The molecule has 2 saturated heterocycles. The van der Waals surface area contributed by atoms with Crippen LogP contribution >= 0.6 is 0 Å². The fourth-order valence-electron chi connectivity index (χ4n) is 8.42. The van der Waals surface area contributed by atoms with Gasteiger partial charge in [-0.15, -0.1) is 0 Å². The van der Waals surface area contributed by atoms with Crippen LogP contribution < -0.4 is 16.8 Å². The summed E-state index contributed by atoms with van der Waals surface area (Å²) in [6.07, 6.45) is 2.21. The van der Waals surface area contributed by atoms with Crippen molar-refractivity contribution in [3.05, 3.63) is 167 Å². The summed E-state index contributed by atoms with van der Waals surface area (Å²) in [6.45, 7) is 5.36. The number of aromatic carboxylic acids is 1. The Morgan fingerprint density at radius 3 is 1.38 bits per heavy atom. The van der Waals surface area contributed by atoms with Crippen molar-refractivity contribution in [3.63, 3.8) is 0 Å². The van der Waals surface area contributed by atoms with Gasteiger partial charge in [-0.2, -0.15) is 26.3 Å². The SMILES string of the molecule is CC1(O)CN(C(=O)c2ccc(-c3cc(C(F)(F)F)c4oc(CCC(=O)/C=C/c5ccc(N)nc5)cc4c3)nc2)C1.CC1(O)CNC1.Nc1ccc(/C=C/C(=O)CCc2cc3cc(-c4ccc(C(=O)O)cn4)cc(C(F)(F)F)c3o2)cn1. The van der Waals surface area contributed by atoms with E-state index in [-0.39, 0.29) is 129 Å². The lowest BCUT2D eigenvalue weighted by Crippen LogP contribution is -2.61. The molecule has 10 rings (SSSR count). The van der Waals surface area contributed by atoms with E-state index in [1.165, 1.54) is 84.2 Å². The van der Waals surface area contributed by atoms with Gasteiger partial charge in [0.25, 0.3) is 5.91 Å². The van der Waals surface area contributed by atoms with Gasteiger partial charge in [-0.25, -0.2) is 14.8 Å². The number of carboxylic acids is 1. The molecular weight excluding hydrogens is 1070 g/mol. The highest BCUT2D eigenvalue weighted by Gasteiger charge is 2.40. The molecule has 2 aromatic carbocycles. The lowest BCUT2D eigenvalue weighted by Gasteiger charge is -2.44. The molecule has 8 N–H and O–H groups in total. The predicted molar refractivity (Wildman–Crippen MR) is 288 cm³/mol. The number of allylic oxidation sites excluding steroid dienone is 2. The van der Waals surface area contributed by atoms with E-state index in [1.807, 2.05) is 6.92 Å². The van der Waals surface area contributed by atoms with E-state index < -0.39 is 35.0 Å². The maximum absolute atomic E-state index is 14.0. The summed E-state index contributed by atoms with van der Waals surface area (Å²) in [7, 11) is 0. The Labute approximate surface area is 457 Å². The summed E-state index contributed by atoms with van der Waals surface area (Å²) in [5, 5.41) is 31.1. The molecular formula is C58H52F6N8O9. The number of aliphatic hydroxyl groups is 2. The van der Waals surface area contributed by atoms with E-state index in [1.54, 1.807) is 43.3 Å². The number of carboxylic acid groups (broad SMARTS) is 1. The number of amides is 1. The van der Waals surface area contributed by atoms with E-state index in [9.17, 15) is 50.6 Å². The number of nitrogens with zero attached hydrogens (tertiary/aromatic N) is 5. The zero-order chi connectivity index (χ0) is 58.4. The first-order chi connectivity index (χ1) is 38.2. The van der Waals surface area contributed by atoms with Gasteiger partial charge < -0.3 is 45.8 Å². The first kappa shape index (κ1) is 58.1. The van der Waals surface area contributed by atoms with Crippen molar-refractivity contribution < 1.29 is 69.7 Å². The Morgan fingerprint density at radius 1 is 0.617 bits per heavy atom. The number of fused-ring (bicyclic) bond motifs is 2. The number of nitrogens with two attached hydrogens (primary N) is 2. The number of pyridine rings is 4. The first-order valence-electron chi connectivity index (χ1n) is 24.9. The van der Waals surface area contributed by atoms with Crippen LogP contribution in [-0.2, 0) is 34.8 Å². The summed E-state index contributed by atoms with van der Waals surface area (Å²) >= 11 is 0. The van der Waals surface area contributed by atoms with E-state index in [4.69, 9.17) is 30.5 Å². The third-order valence-corrected chi connectivity index (χ3v) is 12.7. The minimum atomic E-state index is -4.70. The second-order valence-corrected chi connectivity index (χ2v) is 19.9. The van der Waals surface area contributed by atoms with Gasteiger partial charge in [0.15, 0.2) is 11.6 Å². The molecule has 420 valence electrons. The Hall–Kier alpha value is -9.06. The Balaban J connectivity index is 0.000000194. The average Bonchev–Trinajstić information content (AvgIpc) is 4.07. The number of benzene rings is 2. The van der Waals surface area contributed by atoms with Crippen LogP contribution in [0.5, 0.6) is 0 Å². The molecule has 0 unspecified atom stereocenters. The maximum atomic E-state index is 14.0. The fraction of sp³-hybridized carbons (Fsp3) is 0.241. The number of anilines is 2. The number of hydrogen-bond acceptors (Lipinski definition) is 15. The highest BCUT2D eigenvalue weighted by Crippen LogP contribution is 2.41. The van der Waals surface area contributed by atoms with Crippen molar-refractivity contribution in [2.24, 2.45) is 0 Å². The second-order valence-electron chi connectivity index (χ2n) is 19.9.